The largest absolute Gasteiger partial charge is 0.491 e. The van der Waals surface area contributed by atoms with E-state index in [0.717, 1.165) is 15.6 Å². The number of fused-ring (bicyclic) bond motifs is 1. The van der Waals surface area contributed by atoms with Gasteiger partial charge in [0.05, 0.1) is 35.1 Å². The van der Waals surface area contributed by atoms with Crippen LogP contribution in [0.4, 0.5) is 0 Å². The number of nitrogens with zero attached hydrogens (tertiary/aromatic N) is 2. The highest BCUT2D eigenvalue weighted by molar-refractivity contribution is 9.10. The Morgan fingerprint density at radius 3 is 2.42 bits per heavy atom. The van der Waals surface area contributed by atoms with Gasteiger partial charge in [-0.15, -0.1) is 0 Å². The van der Waals surface area contributed by atoms with E-state index >= 15 is 0 Å². The maximum atomic E-state index is 14.2. The molecule has 234 valence electrons. The number of carbonyl (C=O) groups excluding carboxylic acids is 1. The molecule has 0 bridgehead atoms. The number of hydrogen-bond donors (Lipinski definition) is 0. The molecular weight excluding hydrogens is 656 g/mol. The normalized spacial score (nSPS) is 14.6. The Kier molecular flexibility index (Phi) is 10.2. The third kappa shape index (κ3) is 7.07. The van der Waals surface area contributed by atoms with Crippen LogP contribution in [0.2, 0.25) is 0 Å². The van der Waals surface area contributed by atoms with Gasteiger partial charge in [0.1, 0.15) is 18.4 Å². The van der Waals surface area contributed by atoms with Gasteiger partial charge in [0, 0.05) is 10.0 Å². The molecule has 0 saturated carbocycles. The van der Waals surface area contributed by atoms with E-state index in [9.17, 15) is 9.59 Å². The van der Waals surface area contributed by atoms with Crippen molar-refractivity contribution in [1.82, 2.24) is 4.57 Å². The van der Waals surface area contributed by atoms with Crippen molar-refractivity contribution in [1.29, 1.82) is 0 Å². The van der Waals surface area contributed by atoms with E-state index in [4.69, 9.17) is 23.9 Å². The summed E-state index contributed by atoms with van der Waals surface area (Å²) in [5.74, 6) is 1.21. The van der Waals surface area contributed by atoms with E-state index in [1.165, 1.54) is 11.3 Å². The van der Waals surface area contributed by atoms with Crippen LogP contribution in [0.25, 0.3) is 6.08 Å². The molecule has 0 radical (unpaired) electrons. The zero-order valence-corrected chi connectivity index (χ0v) is 28.2. The molecule has 0 unspecified atom stereocenters. The summed E-state index contributed by atoms with van der Waals surface area (Å²) in [5, 5.41) is 0. The second-order valence-electron chi connectivity index (χ2n) is 10.5. The molecule has 1 aliphatic heterocycles. The van der Waals surface area contributed by atoms with Gasteiger partial charge in [0.25, 0.3) is 5.56 Å². The SMILES string of the molecule is CCOC(=O)C1=C(C)N=c2s/c(=C/c3cc(OCC)c(OCc4ccccc4)cc3Br)c(=O)n2[C@@H]1c1ccccc1OC(C)C. The molecule has 0 aliphatic carbocycles. The van der Waals surface area contributed by atoms with Crippen LogP contribution in [0, 0.1) is 0 Å². The Labute approximate surface area is 274 Å². The Balaban J connectivity index is 1.63. The van der Waals surface area contributed by atoms with Crippen LogP contribution in [0.5, 0.6) is 17.2 Å². The minimum absolute atomic E-state index is 0.116. The lowest BCUT2D eigenvalue weighted by Crippen LogP contribution is -2.40. The maximum absolute atomic E-state index is 14.2. The smallest absolute Gasteiger partial charge is 0.338 e. The van der Waals surface area contributed by atoms with E-state index in [2.05, 4.69) is 15.9 Å². The molecule has 0 fully saturated rings. The van der Waals surface area contributed by atoms with Crippen LogP contribution in [0.15, 0.2) is 92.3 Å². The highest BCUT2D eigenvalue weighted by Gasteiger charge is 2.35. The molecule has 3 aromatic carbocycles. The number of thiazole rings is 1. The summed E-state index contributed by atoms with van der Waals surface area (Å²) in [6.07, 6.45) is 1.68. The van der Waals surface area contributed by atoms with Crippen molar-refractivity contribution < 1.29 is 23.7 Å². The molecule has 1 atom stereocenters. The van der Waals surface area contributed by atoms with Crippen LogP contribution >= 0.6 is 27.3 Å². The van der Waals surface area contributed by atoms with Crippen molar-refractivity contribution in [3.8, 4) is 17.2 Å². The molecule has 1 aliphatic rings. The first-order chi connectivity index (χ1) is 21.7. The molecule has 2 heterocycles. The zero-order valence-electron chi connectivity index (χ0n) is 25.8. The molecule has 5 rings (SSSR count). The summed E-state index contributed by atoms with van der Waals surface area (Å²) in [6, 6.07) is 20.3. The number of esters is 1. The molecule has 0 amide bonds. The summed E-state index contributed by atoms with van der Waals surface area (Å²) >= 11 is 4.92. The van der Waals surface area contributed by atoms with E-state index in [1.54, 1.807) is 24.5 Å². The van der Waals surface area contributed by atoms with E-state index in [0.29, 0.717) is 56.6 Å². The first kappa shape index (κ1) is 32.2. The zero-order chi connectivity index (χ0) is 32.1. The van der Waals surface area contributed by atoms with Crippen LogP contribution in [-0.2, 0) is 16.1 Å². The number of aromatic nitrogens is 1. The fraction of sp³-hybridized carbons (Fsp3) is 0.286. The van der Waals surface area contributed by atoms with Gasteiger partial charge in [0.2, 0.25) is 0 Å². The van der Waals surface area contributed by atoms with E-state index in [1.807, 2.05) is 87.5 Å². The lowest BCUT2D eigenvalue weighted by molar-refractivity contribution is -0.139. The monoisotopic (exact) mass is 690 g/mol. The summed E-state index contributed by atoms with van der Waals surface area (Å²) in [4.78, 5) is 32.7. The second kappa shape index (κ2) is 14.3. The highest BCUT2D eigenvalue weighted by atomic mass is 79.9. The van der Waals surface area contributed by atoms with Crippen LogP contribution in [0.1, 0.15) is 57.4 Å². The standard InChI is InChI=1S/C35H35BrN2O6S/c1-6-41-28-17-24(26(36)19-29(28)43-20-23-13-9-8-10-14-23)18-30-33(39)38-32(25-15-11-12-16-27(25)44-21(3)4)31(34(40)42-7-2)22(5)37-35(38)45-30/h8-19,21,32H,6-7,20H2,1-5H3/b30-18+/t32-/m1/s1. The van der Waals surface area contributed by atoms with Gasteiger partial charge in [-0.05, 0) is 70.0 Å². The predicted molar refractivity (Wildman–Crippen MR) is 179 cm³/mol. The van der Waals surface area contributed by atoms with Crippen molar-refractivity contribution in [3.05, 3.63) is 119 Å². The number of halogens is 1. The van der Waals surface area contributed by atoms with Crippen LogP contribution in [-0.4, -0.2) is 29.9 Å². The third-order valence-corrected chi connectivity index (χ3v) is 8.65. The van der Waals surface area contributed by atoms with Gasteiger partial charge >= 0.3 is 5.97 Å². The van der Waals surface area contributed by atoms with Crippen molar-refractivity contribution in [2.75, 3.05) is 13.2 Å². The minimum atomic E-state index is -0.784. The van der Waals surface area contributed by atoms with Gasteiger partial charge in [-0.25, -0.2) is 9.79 Å². The molecule has 4 aromatic rings. The fourth-order valence-corrected chi connectivity index (χ4v) is 6.55. The Morgan fingerprint density at radius 1 is 1.00 bits per heavy atom. The maximum Gasteiger partial charge on any atom is 0.338 e. The average molecular weight is 692 g/mol. The lowest BCUT2D eigenvalue weighted by atomic mass is 9.95. The van der Waals surface area contributed by atoms with Crippen molar-refractivity contribution in [3.63, 3.8) is 0 Å². The minimum Gasteiger partial charge on any atom is -0.491 e. The first-order valence-electron chi connectivity index (χ1n) is 14.8. The second-order valence-corrected chi connectivity index (χ2v) is 12.4. The highest BCUT2D eigenvalue weighted by Crippen LogP contribution is 2.37. The Morgan fingerprint density at radius 2 is 1.71 bits per heavy atom. The van der Waals surface area contributed by atoms with Crippen molar-refractivity contribution in [2.24, 2.45) is 4.99 Å². The topological polar surface area (TPSA) is 88.4 Å². The molecular formula is C35H35BrN2O6S. The summed E-state index contributed by atoms with van der Waals surface area (Å²) < 4.78 is 26.4. The van der Waals surface area contributed by atoms with Gasteiger partial charge in [0.15, 0.2) is 16.3 Å². The van der Waals surface area contributed by atoms with Crippen molar-refractivity contribution in [2.45, 2.75) is 53.4 Å². The quantitative estimate of drug-likeness (QED) is 0.171. The third-order valence-electron chi connectivity index (χ3n) is 6.98. The molecule has 1 aromatic heterocycles. The number of para-hydroxylation sites is 1. The van der Waals surface area contributed by atoms with Gasteiger partial charge in [-0.3, -0.25) is 9.36 Å². The van der Waals surface area contributed by atoms with Crippen molar-refractivity contribution >= 4 is 39.3 Å². The molecule has 0 spiro atoms. The number of benzene rings is 3. The van der Waals surface area contributed by atoms with E-state index < -0.39 is 12.0 Å². The average Bonchev–Trinajstić information content (AvgIpc) is 3.31. The summed E-state index contributed by atoms with van der Waals surface area (Å²) in [5.41, 5.74) is 2.95. The molecule has 0 N–H and O–H groups in total. The number of hydrogen-bond acceptors (Lipinski definition) is 8. The van der Waals surface area contributed by atoms with E-state index in [-0.39, 0.29) is 18.3 Å². The molecule has 8 nitrogen and oxygen atoms in total. The van der Waals surface area contributed by atoms with Crippen LogP contribution < -0.4 is 29.1 Å². The van der Waals surface area contributed by atoms with Gasteiger partial charge < -0.3 is 18.9 Å². The number of carbonyl (C=O) groups is 1. The molecule has 0 saturated heterocycles. The Bertz CT molecular complexity index is 1910. The van der Waals surface area contributed by atoms with Gasteiger partial charge in [-0.1, -0.05) is 75.8 Å². The summed E-state index contributed by atoms with van der Waals surface area (Å²) in [6.45, 7) is 10.3. The summed E-state index contributed by atoms with van der Waals surface area (Å²) in [7, 11) is 0. The molecule has 10 heteroatoms. The first-order valence-corrected chi connectivity index (χ1v) is 16.4. The Hall–Kier alpha value is -4.15. The number of allylic oxidation sites excluding steroid dienone is 1. The number of rotatable bonds is 11. The lowest BCUT2D eigenvalue weighted by Gasteiger charge is -2.26. The van der Waals surface area contributed by atoms with Gasteiger partial charge in [-0.2, -0.15) is 0 Å². The predicted octanol–water partition coefficient (Wildman–Crippen LogP) is 6.33. The van der Waals surface area contributed by atoms with Crippen LogP contribution in [0.3, 0.4) is 0 Å². The number of ether oxygens (including phenoxy) is 4. The molecule has 45 heavy (non-hydrogen) atoms. The fourth-order valence-electron chi connectivity index (χ4n) is 5.07.